The Bertz CT molecular complexity index is 943. The molecule has 2 fully saturated rings. The van der Waals surface area contributed by atoms with Gasteiger partial charge in [-0.3, -0.25) is 9.59 Å². The molecule has 31 heavy (non-hydrogen) atoms. The fraction of sp³-hybridized carbons (Fsp3) is 0.417. The number of hydrogen-bond donors (Lipinski definition) is 0. The zero-order valence-electron chi connectivity index (χ0n) is 17.8. The Morgan fingerprint density at radius 3 is 2.48 bits per heavy atom. The first kappa shape index (κ1) is 21.5. The van der Waals surface area contributed by atoms with E-state index in [0.717, 1.165) is 37.4 Å². The molecule has 164 valence electrons. The largest absolute Gasteiger partial charge is 0.497 e. The SMILES string of the molecule is COc1cccc(N2CCN(C(=O)[C@@H]3CCCN(C(=O)c4cccc(Cl)c4)C3)CC2)c1. The van der Waals surface area contributed by atoms with Crippen LogP contribution in [0.2, 0.25) is 5.02 Å². The third kappa shape index (κ3) is 4.96. The molecule has 0 radical (unpaired) electrons. The molecule has 7 heteroatoms. The van der Waals surface area contributed by atoms with Crippen LogP contribution in [0.15, 0.2) is 48.5 Å². The monoisotopic (exact) mass is 441 g/mol. The molecule has 0 spiro atoms. The number of rotatable bonds is 4. The number of amides is 2. The number of likely N-dealkylation sites (tertiary alicyclic amines) is 1. The van der Waals surface area contributed by atoms with Gasteiger partial charge in [-0.2, -0.15) is 0 Å². The van der Waals surface area contributed by atoms with Gasteiger partial charge in [0, 0.05) is 61.6 Å². The van der Waals surface area contributed by atoms with Gasteiger partial charge in [0.25, 0.3) is 5.91 Å². The van der Waals surface area contributed by atoms with Crippen molar-refractivity contribution in [2.24, 2.45) is 5.92 Å². The molecule has 0 aliphatic carbocycles. The minimum atomic E-state index is -0.139. The fourth-order valence-corrected chi connectivity index (χ4v) is 4.61. The van der Waals surface area contributed by atoms with E-state index in [9.17, 15) is 9.59 Å². The lowest BCUT2D eigenvalue weighted by molar-refractivity contribution is -0.137. The van der Waals surface area contributed by atoms with Crippen LogP contribution in [-0.2, 0) is 4.79 Å². The normalized spacial score (nSPS) is 19.3. The highest BCUT2D eigenvalue weighted by Crippen LogP contribution is 2.25. The van der Waals surface area contributed by atoms with E-state index in [1.54, 1.807) is 36.3 Å². The fourth-order valence-electron chi connectivity index (χ4n) is 4.42. The smallest absolute Gasteiger partial charge is 0.253 e. The maximum Gasteiger partial charge on any atom is 0.253 e. The van der Waals surface area contributed by atoms with Gasteiger partial charge in [-0.15, -0.1) is 0 Å². The predicted octanol–water partition coefficient (Wildman–Crippen LogP) is 3.55. The number of carbonyl (C=O) groups excluding carboxylic acids is 2. The van der Waals surface area contributed by atoms with Crippen molar-refractivity contribution >= 4 is 29.1 Å². The number of methoxy groups -OCH3 is 1. The molecule has 0 N–H and O–H groups in total. The second kappa shape index (κ2) is 9.60. The van der Waals surface area contributed by atoms with Crippen LogP contribution in [0.25, 0.3) is 0 Å². The van der Waals surface area contributed by atoms with Crippen molar-refractivity contribution < 1.29 is 14.3 Å². The van der Waals surface area contributed by atoms with Crippen molar-refractivity contribution in [3.63, 3.8) is 0 Å². The molecule has 0 unspecified atom stereocenters. The molecule has 0 aromatic heterocycles. The summed E-state index contributed by atoms with van der Waals surface area (Å²) in [6.45, 7) is 4.11. The highest BCUT2D eigenvalue weighted by molar-refractivity contribution is 6.30. The molecule has 2 aliphatic rings. The molecule has 2 amide bonds. The van der Waals surface area contributed by atoms with Crippen LogP contribution < -0.4 is 9.64 Å². The van der Waals surface area contributed by atoms with E-state index in [1.807, 2.05) is 23.1 Å². The molecule has 4 rings (SSSR count). The average Bonchev–Trinajstić information content (AvgIpc) is 2.83. The molecule has 0 saturated carbocycles. The molecule has 1 atom stereocenters. The van der Waals surface area contributed by atoms with Crippen molar-refractivity contribution in [3.05, 3.63) is 59.1 Å². The minimum absolute atomic E-state index is 0.0529. The van der Waals surface area contributed by atoms with E-state index in [1.165, 1.54) is 0 Å². The van der Waals surface area contributed by atoms with Gasteiger partial charge in [0.05, 0.1) is 13.0 Å². The van der Waals surface area contributed by atoms with Gasteiger partial charge in [-0.25, -0.2) is 0 Å². The Hall–Kier alpha value is -2.73. The second-order valence-corrected chi connectivity index (χ2v) is 8.55. The summed E-state index contributed by atoms with van der Waals surface area (Å²) in [6, 6.07) is 15.0. The van der Waals surface area contributed by atoms with Gasteiger partial charge in [-0.05, 0) is 43.2 Å². The van der Waals surface area contributed by atoms with Crippen molar-refractivity contribution in [1.82, 2.24) is 9.80 Å². The van der Waals surface area contributed by atoms with E-state index >= 15 is 0 Å². The highest BCUT2D eigenvalue weighted by atomic mass is 35.5. The highest BCUT2D eigenvalue weighted by Gasteiger charge is 2.33. The van der Waals surface area contributed by atoms with Crippen LogP contribution in [0, 0.1) is 5.92 Å². The van der Waals surface area contributed by atoms with Crippen LogP contribution in [-0.4, -0.2) is 68.0 Å². The zero-order chi connectivity index (χ0) is 21.8. The van der Waals surface area contributed by atoms with Crippen LogP contribution in [0.4, 0.5) is 5.69 Å². The number of ether oxygens (including phenoxy) is 1. The summed E-state index contributed by atoms with van der Waals surface area (Å²) < 4.78 is 5.32. The molecule has 2 aromatic carbocycles. The van der Waals surface area contributed by atoms with E-state index < -0.39 is 0 Å². The first-order chi connectivity index (χ1) is 15.0. The van der Waals surface area contributed by atoms with Crippen LogP contribution >= 0.6 is 11.6 Å². The maximum atomic E-state index is 13.2. The number of carbonyl (C=O) groups is 2. The molecule has 2 heterocycles. The standard InChI is InChI=1S/C24H28ClN3O3/c1-31-22-9-3-8-21(16-22)26-11-13-27(14-12-26)24(30)19-6-4-10-28(17-19)23(29)18-5-2-7-20(25)15-18/h2-3,5,7-9,15-16,19H,4,6,10-14,17H2,1H3/t19-/m1/s1. The van der Waals surface area contributed by atoms with E-state index in [4.69, 9.17) is 16.3 Å². The molecule has 2 aromatic rings. The molecule has 6 nitrogen and oxygen atoms in total. The molecule has 0 bridgehead atoms. The lowest BCUT2D eigenvalue weighted by atomic mass is 9.95. The van der Waals surface area contributed by atoms with Crippen LogP contribution in [0.3, 0.4) is 0 Å². The topological polar surface area (TPSA) is 53.1 Å². The van der Waals surface area contributed by atoms with Crippen molar-refractivity contribution in [2.45, 2.75) is 12.8 Å². The van der Waals surface area contributed by atoms with Gasteiger partial charge >= 0.3 is 0 Å². The van der Waals surface area contributed by atoms with Crippen LogP contribution in [0.1, 0.15) is 23.2 Å². The first-order valence-corrected chi connectivity index (χ1v) is 11.2. The third-order valence-electron chi connectivity index (χ3n) is 6.14. The lowest BCUT2D eigenvalue weighted by Gasteiger charge is -2.39. The molecular weight excluding hydrogens is 414 g/mol. The van der Waals surface area contributed by atoms with Gasteiger partial charge in [0.2, 0.25) is 5.91 Å². The summed E-state index contributed by atoms with van der Waals surface area (Å²) >= 11 is 6.04. The number of benzene rings is 2. The Labute approximate surface area is 188 Å². The zero-order valence-corrected chi connectivity index (χ0v) is 18.6. The third-order valence-corrected chi connectivity index (χ3v) is 6.37. The molecular formula is C24H28ClN3O3. The molecule has 2 saturated heterocycles. The van der Waals surface area contributed by atoms with Crippen LogP contribution in [0.5, 0.6) is 5.75 Å². The van der Waals surface area contributed by atoms with E-state index in [2.05, 4.69) is 11.0 Å². The van der Waals surface area contributed by atoms with Crippen molar-refractivity contribution in [1.29, 1.82) is 0 Å². The summed E-state index contributed by atoms with van der Waals surface area (Å²) in [5.74, 6) is 0.805. The number of piperidine rings is 1. The Kier molecular flexibility index (Phi) is 6.66. The lowest BCUT2D eigenvalue weighted by Crippen LogP contribution is -2.53. The second-order valence-electron chi connectivity index (χ2n) is 8.11. The quantitative estimate of drug-likeness (QED) is 0.728. The number of hydrogen-bond acceptors (Lipinski definition) is 4. The summed E-state index contributed by atoms with van der Waals surface area (Å²) in [5, 5.41) is 0.546. The van der Waals surface area contributed by atoms with Gasteiger partial charge in [0.1, 0.15) is 5.75 Å². The van der Waals surface area contributed by atoms with Gasteiger partial charge < -0.3 is 19.4 Å². The van der Waals surface area contributed by atoms with Crippen molar-refractivity contribution in [3.8, 4) is 5.75 Å². The Morgan fingerprint density at radius 1 is 0.968 bits per heavy atom. The average molecular weight is 442 g/mol. The summed E-state index contributed by atoms with van der Waals surface area (Å²) in [5.41, 5.74) is 1.69. The Morgan fingerprint density at radius 2 is 1.74 bits per heavy atom. The summed E-state index contributed by atoms with van der Waals surface area (Å²) in [7, 11) is 1.67. The number of anilines is 1. The first-order valence-electron chi connectivity index (χ1n) is 10.8. The Balaban J connectivity index is 1.34. The molecule has 2 aliphatic heterocycles. The maximum absolute atomic E-state index is 13.2. The number of halogens is 1. The summed E-state index contributed by atoms with van der Waals surface area (Å²) in [4.78, 5) is 32.1. The minimum Gasteiger partial charge on any atom is -0.497 e. The predicted molar refractivity (Wildman–Crippen MR) is 122 cm³/mol. The number of piperazine rings is 1. The summed E-state index contributed by atoms with van der Waals surface area (Å²) in [6.07, 6.45) is 1.67. The van der Waals surface area contributed by atoms with E-state index in [-0.39, 0.29) is 17.7 Å². The van der Waals surface area contributed by atoms with Gasteiger partial charge in [0.15, 0.2) is 0 Å². The number of nitrogens with zero attached hydrogens (tertiary/aromatic N) is 3. The van der Waals surface area contributed by atoms with Crippen molar-refractivity contribution in [2.75, 3.05) is 51.3 Å². The van der Waals surface area contributed by atoms with E-state index in [0.29, 0.717) is 36.8 Å². The van der Waals surface area contributed by atoms with Gasteiger partial charge in [-0.1, -0.05) is 23.7 Å².